The lowest BCUT2D eigenvalue weighted by Crippen LogP contribution is -2.18. The summed E-state index contributed by atoms with van der Waals surface area (Å²) in [7, 11) is 0. The first-order chi connectivity index (χ1) is 14.5. The summed E-state index contributed by atoms with van der Waals surface area (Å²) in [6, 6.07) is 21.1. The fraction of sp³-hybridized carbons (Fsp3) is 0.0833. The van der Waals surface area contributed by atoms with E-state index in [0.29, 0.717) is 22.2 Å². The normalized spacial score (nSPS) is 11.3. The maximum absolute atomic E-state index is 12.4. The molecule has 3 aromatic carbocycles. The van der Waals surface area contributed by atoms with E-state index in [1.807, 2.05) is 61.7 Å². The molecule has 0 saturated carbocycles. The Morgan fingerprint density at radius 3 is 2.60 bits per heavy atom. The first-order valence-corrected chi connectivity index (χ1v) is 10.2. The highest BCUT2D eigenvalue weighted by Gasteiger charge is 2.09. The summed E-state index contributed by atoms with van der Waals surface area (Å²) in [4.78, 5) is 12.4. The van der Waals surface area contributed by atoms with Crippen LogP contribution in [-0.4, -0.2) is 16.7 Å². The lowest BCUT2D eigenvalue weighted by atomic mass is 10.1. The molecule has 0 unspecified atom stereocenters. The van der Waals surface area contributed by atoms with E-state index >= 15 is 0 Å². The second kappa shape index (κ2) is 8.74. The fourth-order valence-corrected chi connectivity index (χ4v) is 3.71. The summed E-state index contributed by atoms with van der Waals surface area (Å²) in [6.07, 6.45) is 3.68. The monoisotopic (exact) mass is 435 g/mol. The van der Waals surface area contributed by atoms with Crippen LogP contribution < -0.4 is 5.43 Å². The molecule has 1 N–H and O–H groups in total. The van der Waals surface area contributed by atoms with Crippen molar-refractivity contribution >= 4 is 46.2 Å². The van der Waals surface area contributed by atoms with Crippen LogP contribution in [0.4, 0.5) is 0 Å². The third kappa shape index (κ3) is 4.25. The third-order valence-electron chi connectivity index (χ3n) is 4.92. The molecule has 0 saturated heterocycles. The number of nitrogens with zero attached hydrogens (tertiary/aromatic N) is 2. The number of halogens is 2. The smallest absolute Gasteiger partial charge is 0.271 e. The van der Waals surface area contributed by atoms with E-state index in [0.717, 1.165) is 27.6 Å². The second-order valence-corrected chi connectivity index (χ2v) is 7.81. The van der Waals surface area contributed by atoms with Crippen molar-refractivity contribution in [1.82, 2.24) is 9.99 Å². The maximum Gasteiger partial charge on any atom is 0.271 e. The number of fused-ring (bicyclic) bond motifs is 1. The number of hydrogen-bond acceptors (Lipinski definition) is 2. The van der Waals surface area contributed by atoms with Gasteiger partial charge in [0.1, 0.15) is 0 Å². The Bertz CT molecular complexity index is 1260. The van der Waals surface area contributed by atoms with Crippen LogP contribution in [0.1, 0.15) is 27.0 Å². The molecular weight excluding hydrogens is 417 g/mol. The van der Waals surface area contributed by atoms with Crippen LogP contribution in [0.2, 0.25) is 10.0 Å². The number of carbonyl (C=O) groups excluding carboxylic acids is 1. The molecule has 0 fully saturated rings. The standard InChI is InChI=1S/C24H19Cl2N3O/c1-16-6-2-3-7-19(16)24(30)28-27-13-18-15-29(23-9-5-4-8-20(18)23)14-17-10-11-21(25)22(26)12-17/h2-13,15H,14H2,1H3,(H,28,30)/b27-13+. The molecule has 0 bridgehead atoms. The zero-order valence-corrected chi connectivity index (χ0v) is 17.8. The van der Waals surface area contributed by atoms with Crippen LogP contribution in [0.25, 0.3) is 10.9 Å². The number of aromatic nitrogens is 1. The average Bonchev–Trinajstić information content (AvgIpc) is 3.08. The van der Waals surface area contributed by atoms with Gasteiger partial charge in [0.2, 0.25) is 0 Å². The third-order valence-corrected chi connectivity index (χ3v) is 5.65. The highest BCUT2D eigenvalue weighted by atomic mass is 35.5. The molecule has 0 aliphatic heterocycles. The number of rotatable bonds is 5. The molecule has 4 rings (SSSR count). The predicted molar refractivity (Wildman–Crippen MR) is 124 cm³/mol. The number of hydrazone groups is 1. The molecular formula is C24H19Cl2N3O. The van der Waals surface area contributed by atoms with Gasteiger partial charge in [-0.3, -0.25) is 4.79 Å². The first-order valence-electron chi connectivity index (χ1n) is 9.44. The largest absolute Gasteiger partial charge is 0.342 e. The van der Waals surface area contributed by atoms with Crippen molar-refractivity contribution < 1.29 is 4.79 Å². The van der Waals surface area contributed by atoms with Gasteiger partial charge in [-0.25, -0.2) is 5.43 Å². The molecule has 0 spiro atoms. The molecule has 4 nitrogen and oxygen atoms in total. The predicted octanol–water partition coefficient (Wildman–Crippen LogP) is 6.07. The summed E-state index contributed by atoms with van der Waals surface area (Å²) < 4.78 is 2.12. The van der Waals surface area contributed by atoms with Gasteiger partial charge < -0.3 is 4.57 Å². The topological polar surface area (TPSA) is 46.4 Å². The van der Waals surface area contributed by atoms with Gasteiger partial charge in [-0.2, -0.15) is 5.10 Å². The van der Waals surface area contributed by atoms with Gasteiger partial charge in [-0.1, -0.05) is 65.7 Å². The number of nitrogens with one attached hydrogen (secondary N) is 1. The summed E-state index contributed by atoms with van der Waals surface area (Å²) in [5, 5.41) is 6.30. The molecule has 1 heterocycles. The summed E-state index contributed by atoms with van der Waals surface area (Å²) in [5.74, 6) is -0.233. The molecule has 4 aromatic rings. The Morgan fingerprint density at radius 1 is 1.03 bits per heavy atom. The lowest BCUT2D eigenvalue weighted by Gasteiger charge is -2.06. The van der Waals surface area contributed by atoms with Crippen LogP contribution in [0.5, 0.6) is 0 Å². The molecule has 1 amide bonds. The van der Waals surface area contributed by atoms with Crippen molar-refractivity contribution in [2.24, 2.45) is 5.10 Å². The Hall–Kier alpha value is -3.08. The van der Waals surface area contributed by atoms with Crippen LogP contribution in [0, 0.1) is 6.92 Å². The number of amides is 1. The van der Waals surface area contributed by atoms with Crippen LogP contribution in [0.3, 0.4) is 0 Å². The van der Waals surface area contributed by atoms with E-state index in [1.54, 1.807) is 18.3 Å². The zero-order valence-electron chi connectivity index (χ0n) is 16.3. The summed E-state index contributed by atoms with van der Waals surface area (Å²) in [6.45, 7) is 2.54. The molecule has 0 atom stereocenters. The molecule has 0 aliphatic carbocycles. The number of carbonyl (C=O) groups is 1. The quantitative estimate of drug-likeness (QED) is 0.300. The minimum absolute atomic E-state index is 0.233. The minimum atomic E-state index is -0.233. The summed E-state index contributed by atoms with van der Waals surface area (Å²) in [5.41, 5.74) is 7.15. The van der Waals surface area contributed by atoms with Gasteiger partial charge in [0.05, 0.1) is 16.3 Å². The van der Waals surface area contributed by atoms with E-state index in [4.69, 9.17) is 23.2 Å². The van der Waals surface area contributed by atoms with Crippen molar-refractivity contribution in [1.29, 1.82) is 0 Å². The molecule has 6 heteroatoms. The van der Waals surface area contributed by atoms with E-state index in [9.17, 15) is 4.79 Å². The van der Waals surface area contributed by atoms with Gasteiger partial charge in [0.15, 0.2) is 0 Å². The van der Waals surface area contributed by atoms with Gasteiger partial charge >= 0.3 is 0 Å². The van der Waals surface area contributed by atoms with Gasteiger partial charge in [-0.15, -0.1) is 0 Å². The Morgan fingerprint density at radius 2 is 1.80 bits per heavy atom. The summed E-state index contributed by atoms with van der Waals surface area (Å²) >= 11 is 12.2. The van der Waals surface area contributed by atoms with Crippen molar-refractivity contribution in [3.05, 3.63) is 105 Å². The number of aryl methyl sites for hydroxylation is 1. The zero-order chi connectivity index (χ0) is 21.1. The van der Waals surface area contributed by atoms with E-state index in [1.165, 1.54) is 0 Å². The lowest BCUT2D eigenvalue weighted by molar-refractivity contribution is 0.0954. The number of benzene rings is 3. The van der Waals surface area contributed by atoms with Gasteiger partial charge in [0, 0.05) is 34.8 Å². The molecule has 0 radical (unpaired) electrons. The van der Waals surface area contributed by atoms with E-state index in [2.05, 4.69) is 21.2 Å². The van der Waals surface area contributed by atoms with Crippen LogP contribution in [0.15, 0.2) is 78.0 Å². The average molecular weight is 436 g/mol. The molecule has 150 valence electrons. The maximum atomic E-state index is 12.4. The van der Waals surface area contributed by atoms with Gasteiger partial charge in [-0.05, 0) is 42.3 Å². The highest BCUT2D eigenvalue weighted by molar-refractivity contribution is 6.42. The van der Waals surface area contributed by atoms with Crippen molar-refractivity contribution in [2.45, 2.75) is 13.5 Å². The molecule has 1 aromatic heterocycles. The highest BCUT2D eigenvalue weighted by Crippen LogP contribution is 2.25. The van der Waals surface area contributed by atoms with Crippen LogP contribution >= 0.6 is 23.2 Å². The minimum Gasteiger partial charge on any atom is -0.342 e. The number of para-hydroxylation sites is 1. The van der Waals surface area contributed by atoms with Crippen LogP contribution in [-0.2, 0) is 6.54 Å². The Balaban J connectivity index is 1.59. The Labute approximate surface area is 184 Å². The first kappa shape index (κ1) is 20.2. The fourth-order valence-electron chi connectivity index (χ4n) is 3.39. The van der Waals surface area contributed by atoms with E-state index in [-0.39, 0.29) is 5.91 Å². The second-order valence-electron chi connectivity index (χ2n) is 6.99. The van der Waals surface area contributed by atoms with Crippen molar-refractivity contribution in [2.75, 3.05) is 0 Å². The molecule has 30 heavy (non-hydrogen) atoms. The van der Waals surface area contributed by atoms with Crippen molar-refractivity contribution in [3.8, 4) is 0 Å². The Kier molecular flexibility index (Phi) is 5.88. The SMILES string of the molecule is Cc1ccccc1C(=O)N/N=C/c1cn(Cc2ccc(Cl)c(Cl)c2)c2ccccc12. The number of hydrogen-bond donors (Lipinski definition) is 1. The molecule has 0 aliphatic rings. The van der Waals surface area contributed by atoms with Gasteiger partial charge in [0.25, 0.3) is 5.91 Å². The van der Waals surface area contributed by atoms with E-state index < -0.39 is 0 Å². The van der Waals surface area contributed by atoms with Crippen molar-refractivity contribution in [3.63, 3.8) is 0 Å².